The van der Waals surface area contributed by atoms with Crippen LogP contribution in [0.2, 0.25) is 0 Å². The molecule has 70 valence electrons. The lowest BCUT2D eigenvalue weighted by atomic mass is 9.97. The van der Waals surface area contributed by atoms with Crippen molar-refractivity contribution in [2.75, 3.05) is 12.3 Å². The van der Waals surface area contributed by atoms with Gasteiger partial charge in [0, 0.05) is 16.2 Å². The van der Waals surface area contributed by atoms with Crippen LogP contribution in [-0.2, 0) is 6.42 Å². The first-order valence-electron chi connectivity index (χ1n) is 4.53. The summed E-state index contributed by atoms with van der Waals surface area (Å²) in [5.41, 5.74) is 8.01. The van der Waals surface area contributed by atoms with E-state index in [1.54, 1.807) is 0 Å². The third-order valence-corrected chi connectivity index (χ3v) is 2.99. The lowest BCUT2D eigenvalue weighted by Crippen LogP contribution is -2.44. The molecule has 1 fully saturated rings. The minimum atomic E-state index is 0.636. The van der Waals surface area contributed by atoms with Gasteiger partial charge in [-0.15, -0.1) is 0 Å². The molecule has 0 radical (unpaired) electrons. The number of nitrogens with one attached hydrogen (secondary N) is 1. The molecule has 1 atom stereocenters. The quantitative estimate of drug-likeness (QED) is 0.776. The predicted octanol–water partition coefficient (Wildman–Crippen LogP) is 1.94. The van der Waals surface area contributed by atoms with Crippen LogP contribution in [0.25, 0.3) is 0 Å². The van der Waals surface area contributed by atoms with Crippen LogP contribution in [0.1, 0.15) is 12.0 Å². The lowest BCUT2D eigenvalue weighted by Gasteiger charge is -2.28. The minimum Gasteiger partial charge on any atom is -0.399 e. The smallest absolute Gasteiger partial charge is 0.0347 e. The van der Waals surface area contributed by atoms with Gasteiger partial charge >= 0.3 is 0 Å². The minimum absolute atomic E-state index is 0.636. The molecule has 2 nitrogen and oxygen atoms in total. The van der Waals surface area contributed by atoms with Crippen molar-refractivity contribution in [1.82, 2.24) is 5.32 Å². The second kappa shape index (κ2) is 3.68. The monoisotopic (exact) mass is 240 g/mol. The first-order chi connectivity index (χ1) is 6.25. The Labute approximate surface area is 86.6 Å². The van der Waals surface area contributed by atoms with Crippen molar-refractivity contribution in [3.8, 4) is 0 Å². The molecular weight excluding hydrogens is 228 g/mol. The van der Waals surface area contributed by atoms with Gasteiger partial charge in [0.1, 0.15) is 0 Å². The van der Waals surface area contributed by atoms with Gasteiger partial charge in [0.2, 0.25) is 0 Å². The molecule has 0 aromatic heterocycles. The van der Waals surface area contributed by atoms with Gasteiger partial charge in [-0.05, 0) is 43.1 Å². The van der Waals surface area contributed by atoms with Gasteiger partial charge in [0.25, 0.3) is 0 Å². The van der Waals surface area contributed by atoms with Crippen LogP contribution in [0, 0.1) is 0 Å². The van der Waals surface area contributed by atoms with Crippen molar-refractivity contribution in [3.05, 3.63) is 28.2 Å². The largest absolute Gasteiger partial charge is 0.399 e. The normalized spacial score (nSPS) is 21.2. The van der Waals surface area contributed by atoms with Gasteiger partial charge in [-0.2, -0.15) is 0 Å². The van der Waals surface area contributed by atoms with E-state index in [0.717, 1.165) is 23.1 Å². The number of nitrogen functional groups attached to an aromatic ring is 1. The standard InChI is InChI=1S/C10H13BrN2/c11-8-1-2-10(12)7(5-8)6-9-3-4-13-9/h1-2,5,9,13H,3-4,6,12H2. The average Bonchev–Trinajstić information content (AvgIpc) is 2.03. The third kappa shape index (κ3) is 2.03. The predicted molar refractivity (Wildman–Crippen MR) is 58.7 cm³/mol. The fourth-order valence-electron chi connectivity index (χ4n) is 1.54. The summed E-state index contributed by atoms with van der Waals surface area (Å²) in [7, 11) is 0. The van der Waals surface area contributed by atoms with Crippen LogP contribution in [0.3, 0.4) is 0 Å². The molecule has 3 N–H and O–H groups in total. The number of nitrogens with two attached hydrogens (primary N) is 1. The van der Waals surface area contributed by atoms with Crippen LogP contribution in [0.4, 0.5) is 5.69 Å². The van der Waals surface area contributed by atoms with Crippen molar-refractivity contribution in [1.29, 1.82) is 0 Å². The van der Waals surface area contributed by atoms with Gasteiger partial charge < -0.3 is 11.1 Å². The molecule has 0 bridgehead atoms. The Hall–Kier alpha value is -0.540. The first-order valence-corrected chi connectivity index (χ1v) is 5.32. The van der Waals surface area contributed by atoms with Crippen molar-refractivity contribution >= 4 is 21.6 Å². The SMILES string of the molecule is Nc1ccc(Br)cc1CC1CCN1. The molecular formula is C10H13BrN2. The summed E-state index contributed by atoms with van der Waals surface area (Å²) >= 11 is 3.45. The summed E-state index contributed by atoms with van der Waals surface area (Å²) in [6.45, 7) is 1.15. The number of rotatable bonds is 2. The Bertz CT molecular complexity index is 308. The highest BCUT2D eigenvalue weighted by atomic mass is 79.9. The maximum Gasteiger partial charge on any atom is 0.0347 e. The van der Waals surface area contributed by atoms with E-state index >= 15 is 0 Å². The molecule has 0 amide bonds. The molecule has 2 rings (SSSR count). The molecule has 1 aliphatic heterocycles. The fraction of sp³-hybridized carbons (Fsp3) is 0.400. The summed E-state index contributed by atoms with van der Waals surface area (Å²) < 4.78 is 1.11. The van der Waals surface area contributed by atoms with E-state index < -0.39 is 0 Å². The number of anilines is 1. The second-order valence-electron chi connectivity index (χ2n) is 3.49. The maximum absolute atomic E-state index is 5.87. The summed E-state index contributed by atoms with van der Waals surface area (Å²) in [6.07, 6.45) is 2.32. The number of hydrogen-bond donors (Lipinski definition) is 2. The Balaban J connectivity index is 2.13. The second-order valence-corrected chi connectivity index (χ2v) is 4.40. The molecule has 3 heteroatoms. The van der Waals surface area contributed by atoms with Gasteiger partial charge in [-0.3, -0.25) is 0 Å². The number of hydrogen-bond acceptors (Lipinski definition) is 2. The number of benzene rings is 1. The molecule has 1 unspecified atom stereocenters. The Morgan fingerprint density at radius 2 is 2.31 bits per heavy atom. The lowest BCUT2D eigenvalue weighted by molar-refractivity contribution is 0.369. The zero-order valence-corrected chi connectivity index (χ0v) is 8.97. The highest BCUT2D eigenvalue weighted by Gasteiger charge is 2.17. The van der Waals surface area contributed by atoms with Crippen LogP contribution < -0.4 is 11.1 Å². The Morgan fingerprint density at radius 3 is 2.92 bits per heavy atom. The zero-order valence-electron chi connectivity index (χ0n) is 7.39. The number of halogens is 1. The fourth-order valence-corrected chi connectivity index (χ4v) is 1.95. The van der Waals surface area contributed by atoms with Gasteiger partial charge in [-0.25, -0.2) is 0 Å². The van der Waals surface area contributed by atoms with Crippen LogP contribution in [0.5, 0.6) is 0 Å². The molecule has 0 aliphatic carbocycles. The Kier molecular flexibility index (Phi) is 2.56. The van der Waals surface area contributed by atoms with Gasteiger partial charge in [-0.1, -0.05) is 15.9 Å². The van der Waals surface area contributed by atoms with E-state index in [0.29, 0.717) is 6.04 Å². The van der Waals surface area contributed by atoms with Crippen LogP contribution >= 0.6 is 15.9 Å². The van der Waals surface area contributed by atoms with Gasteiger partial charge in [0.15, 0.2) is 0 Å². The van der Waals surface area contributed by atoms with E-state index in [2.05, 4.69) is 27.3 Å². The maximum atomic E-state index is 5.87. The zero-order chi connectivity index (χ0) is 9.26. The third-order valence-electron chi connectivity index (χ3n) is 2.50. The molecule has 0 saturated carbocycles. The summed E-state index contributed by atoms with van der Waals surface area (Å²) in [5.74, 6) is 0. The summed E-state index contributed by atoms with van der Waals surface area (Å²) in [6, 6.07) is 6.68. The van der Waals surface area contributed by atoms with Crippen molar-refractivity contribution in [3.63, 3.8) is 0 Å². The van der Waals surface area contributed by atoms with Crippen molar-refractivity contribution in [2.45, 2.75) is 18.9 Å². The average molecular weight is 241 g/mol. The molecule has 1 aromatic carbocycles. The summed E-state index contributed by atoms with van der Waals surface area (Å²) in [5, 5.41) is 3.37. The van der Waals surface area contributed by atoms with E-state index in [1.165, 1.54) is 12.0 Å². The highest BCUT2D eigenvalue weighted by molar-refractivity contribution is 9.10. The van der Waals surface area contributed by atoms with Crippen LogP contribution in [0.15, 0.2) is 22.7 Å². The van der Waals surface area contributed by atoms with Gasteiger partial charge in [0.05, 0.1) is 0 Å². The Morgan fingerprint density at radius 1 is 1.54 bits per heavy atom. The van der Waals surface area contributed by atoms with E-state index in [1.807, 2.05) is 12.1 Å². The van der Waals surface area contributed by atoms with Crippen LogP contribution in [-0.4, -0.2) is 12.6 Å². The topological polar surface area (TPSA) is 38.0 Å². The van der Waals surface area contributed by atoms with E-state index in [-0.39, 0.29) is 0 Å². The molecule has 1 aromatic rings. The molecule has 1 heterocycles. The summed E-state index contributed by atoms with van der Waals surface area (Å²) in [4.78, 5) is 0. The van der Waals surface area contributed by atoms with E-state index in [4.69, 9.17) is 5.73 Å². The highest BCUT2D eigenvalue weighted by Crippen LogP contribution is 2.21. The molecule has 13 heavy (non-hydrogen) atoms. The van der Waals surface area contributed by atoms with Crippen molar-refractivity contribution < 1.29 is 0 Å². The molecule has 1 saturated heterocycles. The first kappa shape index (κ1) is 9.03. The van der Waals surface area contributed by atoms with Crippen molar-refractivity contribution in [2.24, 2.45) is 0 Å². The molecule has 1 aliphatic rings. The molecule has 0 spiro atoms. The van der Waals surface area contributed by atoms with E-state index in [9.17, 15) is 0 Å².